The summed E-state index contributed by atoms with van der Waals surface area (Å²) in [5.74, 6) is -0.116. The number of nitrogens with zero attached hydrogens (tertiary/aromatic N) is 3. The lowest BCUT2D eigenvalue weighted by molar-refractivity contribution is -0.139. The van der Waals surface area contributed by atoms with Crippen LogP contribution in [0.15, 0.2) is 40.4 Å². The smallest absolute Gasteiger partial charge is 0.316 e. The van der Waals surface area contributed by atoms with Gasteiger partial charge in [-0.15, -0.1) is 10.2 Å². The predicted molar refractivity (Wildman–Crippen MR) is 90.4 cm³/mol. The van der Waals surface area contributed by atoms with Crippen LogP contribution in [-0.4, -0.2) is 41.5 Å². The number of esters is 1. The second-order valence-corrected chi connectivity index (χ2v) is 7.74. The maximum Gasteiger partial charge on any atom is 0.316 e. The Morgan fingerprint density at radius 2 is 1.92 bits per heavy atom. The van der Waals surface area contributed by atoms with E-state index in [1.165, 1.54) is 11.8 Å². The monoisotopic (exact) mass is 369 g/mol. The number of benzene rings is 1. The molecule has 0 unspecified atom stereocenters. The van der Waals surface area contributed by atoms with E-state index in [2.05, 4.69) is 10.2 Å². The highest BCUT2D eigenvalue weighted by Crippen LogP contribution is 2.20. The molecule has 0 radical (unpaired) electrons. The first-order valence-electron chi connectivity index (χ1n) is 7.46. The van der Waals surface area contributed by atoms with Gasteiger partial charge in [0.25, 0.3) is 0 Å². The van der Waals surface area contributed by atoms with Crippen LogP contribution in [0.1, 0.15) is 19.7 Å². The summed E-state index contributed by atoms with van der Waals surface area (Å²) in [6.07, 6.45) is 0. The van der Waals surface area contributed by atoms with Crippen LogP contribution in [0, 0.1) is 0 Å². The summed E-state index contributed by atoms with van der Waals surface area (Å²) in [7, 11) is -3.50. The number of ether oxygens (including phenoxy) is 1. The van der Waals surface area contributed by atoms with Gasteiger partial charge in [-0.2, -0.15) is 0 Å². The van der Waals surface area contributed by atoms with Crippen LogP contribution >= 0.6 is 11.8 Å². The van der Waals surface area contributed by atoms with E-state index in [0.29, 0.717) is 24.1 Å². The number of thioether (sulfide) groups is 1. The summed E-state index contributed by atoms with van der Waals surface area (Å²) in [5, 5.41) is 8.49. The van der Waals surface area contributed by atoms with Crippen molar-refractivity contribution in [1.29, 1.82) is 0 Å². The summed E-state index contributed by atoms with van der Waals surface area (Å²) in [4.78, 5) is 11.7. The molecular weight excluding hydrogens is 350 g/mol. The molecule has 0 saturated carbocycles. The molecule has 0 aliphatic heterocycles. The lowest BCUT2D eigenvalue weighted by atomic mass is 10.4. The van der Waals surface area contributed by atoms with E-state index in [4.69, 9.17) is 4.74 Å². The number of carbonyl (C=O) groups excluding carboxylic acids is 1. The Bertz CT molecular complexity index is 788. The van der Waals surface area contributed by atoms with Gasteiger partial charge in [-0.05, 0) is 26.0 Å². The van der Waals surface area contributed by atoms with Crippen LogP contribution in [0.2, 0.25) is 0 Å². The van der Waals surface area contributed by atoms with E-state index >= 15 is 0 Å². The van der Waals surface area contributed by atoms with E-state index < -0.39 is 9.84 Å². The van der Waals surface area contributed by atoms with E-state index in [1.54, 1.807) is 41.8 Å². The summed E-state index contributed by atoms with van der Waals surface area (Å²) in [6.45, 7) is 4.44. The van der Waals surface area contributed by atoms with Crippen molar-refractivity contribution in [3.63, 3.8) is 0 Å². The number of carbonyl (C=O) groups is 1. The number of hydrogen-bond donors (Lipinski definition) is 0. The minimum atomic E-state index is -3.50. The average Bonchev–Trinajstić information content (AvgIpc) is 2.95. The Balaban J connectivity index is 2.16. The second-order valence-electron chi connectivity index (χ2n) is 4.81. The third-order valence-corrected chi connectivity index (χ3v) is 5.72. The SMILES string of the molecule is CCOC(=O)CSc1nnc(CS(=O)(=O)c2ccccc2)n1CC. The van der Waals surface area contributed by atoms with Crippen molar-refractivity contribution in [2.75, 3.05) is 12.4 Å². The first kappa shape index (κ1) is 18.5. The van der Waals surface area contributed by atoms with Crippen LogP contribution in [0.4, 0.5) is 0 Å². The summed E-state index contributed by atoms with van der Waals surface area (Å²) in [5.41, 5.74) is 0. The molecule has 0 atom stereocenters. The summed E-state index contributed by atoms with van der Waals surface area (Å²) in [6, 6.07) is 8.23. The molecule has 1 aromatic heterocycles. The third-order valence-electron chi connectivity index (χ3n) is 3.16. The highest BCUT2D eigenvalue weighted by Gasteiger charge is 2.21. The van der Waals surface area contributed by atoms with Crippen molar-refractivity contribution in [2.24, 2.45) is 0 Å². The van der Waals surface area contributed by atoms with Gasteiger partial charge in [-0.1, -0.05) is 30.0 Å². The molecule has 0 bridgehead atoms. The number of rotatable bonds is 8. The first-order chi connectivity index (χ1) is 11.5. The van der Waals surface area contributed by atoms with Gasteiger partial charge in [0, 0.05) is 6.54 Å². The average molecular weight is 369 g/mol. The Morgan fingerprint density at radius 1 is 1.21 bits per heavy atom. The number of aromatic nitrogens is 3. The van der Waals surface area contributed by atoms with Crippen LogP contribution in [0.5, 0.6) is 0 Å². The lowest BCUT2D eigenvalue weighted by Gasteiger charge is -2.08. The Kier molecular flexibility index (Phi) is 6.38. The van der Waals surface area contributed by atoms with Crippen molar-refractivity contribution >= 4 is 27.6 Å². The molecule has 0 amide bonds. The van der Waals surface area contributed by atoms with Gasteiger partial charge >= 0.3 is 5.97 Å². The topological polar surface area (TPSA) is 91.2 Å². The number of hydrogen-bond acceptors (Lipinski definition) is 7. The molecule has 9 heteroatoms. The largest absolute Gasteiger partial charge is 0.465 e. The standard InChI is InChI=1S/C15H19N3O4S2/c1-3-18-13(11-24(20,21)12-8-6-5-7-9-12)16-17-15(18)23-10-14(19)22-4-2/h5-9H,3-4,10-11H2,1-2H3. The highest BCUT2D eigenvalue weighted by molar-refractivity contribution is 7.99. The molecule has 1 heterocycles. The molecule has 2 rings (SSSR count). The zero-order valence-electron chi connectivity index (χ0n) is 13.5. The van der Waals surface area contributed by atoms with Crippen molar-refractivity contribution in [3.05, 3.63) is 36.2 Å². The predicted octanol–water partition coefficient (Wildman–Crippen LogP) is 1.93. The fraction of sp³-hybridized carbons (Fsp3) is 0.400. The Morgan fingerprint density at radius 3 is 2.54 bits per heavy atom. The van der Waals surface area contributed by atoms with Crippen molar-refractivity contribution in [3.8, 4) is 0 Å². The highest BCUT2D eigenvalue weighted by atomic mass is 32.2. The van der Waals surface area contributed by atoms with E-state index in [-0.39, 0.29) is 22.4 Å². The zero-order chi connectivity index (χ0) is 17.6. The summed E-state index contributed by atoms with van der Waals surface area (Å²) >= 11 is 1.18. The normalized spacial score (nSPS) is 11.4. The first-order valence-corrected chi connectivity index (χ1v) is 10.1. The van der Waals surface area contributed by atoms with Gasteiger partial charge in [0.1, 0.15) is 11.6 Å². The molecule has 0 fully saturated rings. The molecule has 1 aromatic carbocycles. The van der Waals surface area contributed by atoms with Gasteiger partial charge in [0.05, 0.1) is 17.3 Å². The molecule has 0 spiro atoms. The molecule has 7 nitrogen and oxygen atoms in total. The van der Waals surface area contributed by atoms with E-state index in [9.17, 15) is 13.2 Å². The van der Waals surface area contributed by atoms with Crippen molar-refractivity contribution in [2.45, 2.75) is 36.2 Å². The van der Waals surface area contributed by atoms with Gasteiger partial charge in [-0.25, -0.2) is 8.42 Å². The maximum atomic E-state index is 12.5. The molecule has 2 aromatic rings. The Labute approximate surface area is 145 Å². The van der Waals surface area contributed by atoms with E-state index in [1.807, 2.05) is 6.92 Å². The minimum Gasteiger partial charge on any atom is -0.465 e. The van der Waals surface area contributed by atoms with Gasteiger partial charge in [0.2, 0.25) is 0 Å². The lowest BCUT2D eigenvalue weighted by Crippen LogP contribution is -2.12. The fourth-order valence-electron chi connectivity index (χ4n) is 2.06. The number of sulfone groups is 1. The molecule has 24 heavy (non-hydrogen) atoms. The fourth-order valence-corrected chi connectivity index (χ4v) is 4.17. The van der Waals surface area contributed by atoms with E-state index in [0.717, 1.165) is 0 Å². The molecule has 0 aliphatic carbocycles. The maximum absolute atomic E-state index is 12.5. The zero-order valence-corrected chi connectivity index (χ0v) is 15.1. The third kappa shape index (κ3) is 4.57. The molecule has 0 saturated heterocycles. The molecule has 0 N–H and O–H groups in total. The minimum absolute atomic E-state index is 0.109. The quantitative estimate of drug-likeness (QED) is 0.518. The Hall–Kier alpha value is -1.87. The van der Waals surface area contributed by atoms with Gasteiger partial charge in [-0.3, -0.25) is 4.79 Å². The van der Waals surface area contributed by atoms with Crippen molar-refractivity contribution < 1.29 is 17.9 Å². The van der Waals surface area contributed by atoms with Crippen LogP contribution in [-0.2, 0) is 31.7 Å². The van der Waals surface area contributed by atoms with Crippen LogP contribution < -0.4 is 0 Å². The second kappa shape index (κ2) is 8.29. The van der Waals surface area contributed by atoms with Gasteiger partial charge in [0.15, 0.2) is 15.0 Å². The molecule has 130 valence electrons. The van der Waals surface area contributed by atoms with Crippen molar-refractivity contribution in [1.82, 2.24) is 14.8 Å². The van der Waals surface area contributed by atoms with Crippen LogP contribution in [0.25, 0.3) is 0 Å². The molecule has 0 aliphatic rings. The van der Waals surface area contributed by atoms with Gasteiger partial charge < -0.3 is 9.30 Å². The molecular formula is C15H19N3O4S2. The van der Waals surface area contributed by atoms with Crippen LogP contribution in [0.3, 0.4) is 0 Å². The summed E-state index contributed by atoms with van der Waals surface area (Å²) < 4.78 is 31.5.